The Kier molecular flexibility index (Phi) is 3.97. The third kappa shape index (κ3) is 3.08. The number of pyridine rings is 1. The number of aryl methyl sites for hydroxylation is 1. The molecule has 0 atom stereocenters. The maximum atomic E-state index is 12.5. The molecule has 1 N–H and O–H groups in total. The minimum atomic E-state index is -3.34. The van der Waals surface area contributed by atoms with Gasteiger partial charge >= 0.3 is 0 Å². The number of nitrogens with zero attached hydrogens (tertiary/aromatic N) is 2. The van der Waals surface area contributed by atoms with Gasteiger partial charge in [0.2, 0.25) is 0 Å². The van der Waals surface area contributed by atoms with Crippen molar-refractivity contribution in [1.29, 1.82) is 0 Å². The first kappa shape index (κ1) is 18.5. The highest BCUT2D eigenvalue weighted by molar-refractivity contribution is 7.90. The third-order valence-electron chi connectivity index (χ3n) is 6.54. The monoisotopic (exact) mass is 411 g/mol. The summed E-state index contributed by atoms with van der Waals surface area (Å²) in [4.78, 5) is 18.2. The first-order chi connectivity index (χ1) is 13.8. The number of aromatic nitrogens is 2. The van der Waals surface area contributed by atoms with Gasteiger partial charge in [-0.2, -0.15) is 0 Å². The van der Waals surface area contributed by atoms with Crippen molar-refractivity contribution in [1.82, 2.24) is 9.55 Å². The molecule has 1 aliphatic heterocycles. The Morgan fingerprint density at radius 2 is 1.90 bits per heavy atom. The van der Waals surface area contributed by atoms with Crippen molar-refractivity contribution >= 4 is 26.4 Å². The van der Waals surface area contributed by atoms with Crippen LogP contribution in [0.25, 0.3) is 22.0 Å². The summed E-state index contributed by atoms with van der Waals surface area (Å²) in [5, 5.41) is 0.818. The fourth-order valence-electron chi connectivity index (χ4n) is 4.72. The molecule has 1 aliphatic carbocycles. The number of sulfone groups is 1. The van der Waals surface area contributed by atoms with E-state index in [0.29, 0.717) is 15.8 Å². The molecular weight excluding hydrogens is 386 g/mol. The van der Waals surface area contributed by atoms with Crippen LogP contribution >= 0.6 is 0 Å². The molecule has 152 valence electrons. The van der Waals surface area contributed by atoms with Crippen LogP contribution in [0.3, 0.4) is 0 Å². The van der Waals surface area contributed by atoms with E-state index in [2.05, 4.69) is 9.88 Å². The van der Waals surface area contributed by atoms with Crippen LogP contribution < -0.4 is 10.5 Å². The van der Waals surface area contributed by atoms with Crippen LogP contribution in [0.2, 0.25) is 0 Å². The summed E-state index contributed by atoms with van der Waals surface area (Å²) in [5.74, 6) is 0. The zero-order chi connectivity index (χ0) is 20.4. The lowest BCUT2D eigenvalue weighted by molar-refractivity contribution is 0.395. The Morgan fingerprint density at radius 1 is 1.10 bits per heavy atom. The third-order valence-corrected chi connectivity index (χ3v) is 7.65. The van der Waals surface area contributed by atoms with Gasteiger partial charge in [0.1, 0.15) is 5.52 Å². The van der Waals surface area contributed by atoms with Crippen LogP contribution in [0.4, 0.5) is 5.69 Å². The van der Waals surface area contributed by atoms with E-state index in [0.717, 1.165) is 41.7 Å². The van der Waals surface area contributed by atoms with Crippen molar-refractivity contribution in [2.45, 2.75) is 30.6 Å². The predicted octanol–water partition coefficient (Wildman–Crippen LogP) is 3.32. The summed E-state index contributed by atoms with van der Waals surface area (Å²) in [6.45, 7) is 1.98. The van der Waals surface area contributed by atoms with Crippen molar-refractivity contribution in [3.8, 4) is 11.1 Å². The van der Waals surface area contributed by atoms with E-state index in [1.54, 1.807) is 29.9 Å². The van der Waals surface area contributed by atoms with Crippen molar-refractivity contribution in [2.24, 2.45) is 12.5 Å². The van der Waals surface area contributed by atoms with Gasteiger partial charge in [-0.3, -0.25) is 4.79 Å². The van der Waals surface area contributed by atoms with Gasteiger partial charge in [0.25, 0.3) is 5.56 Å². The highest BCUT2D eigenvalue weighted by Crippen LogP contribution is 2.53. The minimum Gasteiger partial charge on any atom is -0.370 e. The van der Waals surface area contributed by atoms with E-state index in [-0.39, 0.29) is 5.56 Å². The molecule has 0 unspecified atom stereocenters. The molecule has 29 heavy (non-hydrogen) atoms. The highest BCUT2D eigenvalue weighted by atomic mass is 32.2. The Hall–Kier alpha value is -2.54. The smallest absolute Gasteiger partial charge is 0.274 e. The number of H-pyrrole nitrogens is 1. The molecule has 6 nitrogen and oxygen atoms in total. The zero-order valence-electron chi connectivity index (χ0n) is 16.7. The van der Waals surface area contributed by atoms with Gasteiger partial charge in [0.05, 0.1) is 4.90 Å². The summed E-state index contributed by atoms with van der Waals surface area (Å²) in [5.41, 5.74) is 3.68. The first-order valence-electron chi connectivity index (χ1n) is 10.0. The molecule has 2 fully saturated rings. The van der Waals surface area contributed by atoms with Crippen LogP contribution in [-0.2, 0) is 16.9 Å². The lowest BCUT2D eigenvalue weighted by Crippen LogP contribution is -2.36. The number of benzene rings is 1. The maximum Gasteiger partial charge on any atom is 0.274 e. The van der Waals surface area contributed by atoms with Gasteiger partial charge in [-0.25, -0.2) is 8.42 Å². The molecule has 1 saturated heterocycles. The van der Waals surface area contributed by atoms with Gasteiger partial charge < -0.3 is 14.5 Å². The summed E-state index contributed by atoms with van der Waals surface area (Å²) in [7, 11) is -1.62. The lowest BCUT2D eigenvalue weighted by atomic mass is 9.93. The van der Waals surface area contributed by atoms with Crippen molar-refractivity contribution in [3.05, 3.63) is 47.0 Å². The Morgan fingerprint density at radius 3 is 2.62 bits per heavy atom. The molecule has 5 rings (SSSR count). The van der Waals surface area contributed by atoms with E-state index >= 15 is 0 Å². The van der Waals surface area contributed by atoms with Crippen LogP contribution in [0.1, 0.15) is 25.7 Å². The van der Waals surface area contributed by atoms with Gasteiger partial charge in [-0.05, 0) is 55.4 Å². The van der Waals surface area contributed by atoms with Gasteiger partial charge in [0, 0.05) is 61.0 Å². The van der Waals surface area contributed by atoms with Crippen LogP contribution in [0.15, 0.2) is 46.3 Å². The normalized spacial score (nSPS) is 18.5. The standard InChI is InChI=1S/C22H25N3O3S/c1-24-13-18(16-6-10-23-20(16)21(24)26)17-12-15(29(2,27)28)4-5-19(17)25-11-3-7-22(14-25)8-9-22/h4-6,10,12-13,23H,3,7-9,11,14H2,1-2H3. The number of hydrogen-bond donors (Lipinski definition) is 1. The van der Waals surface area contributed by atoms with E-state index in [4.69, 9.17) is 0 Å². The molecule has 7 heteroatoms. The average Bonchev–Trinajstić information content (AvgIpc) is 3.23. The van der Waals surface area contributed by atoms with E-state index in [1.807, 2.05) is 18.3 Å². The summed E-state index contributed by atoms with van der Waals surface area (Å²) < 4.78 is 26.1. The number of aromatic amines is 1. The fraction of sp³-hybridized carbons (Fsp3) is 0.409. The molecule has 1 aromatic carbocycles. The van der Waals surface area contributed by atoms with Gasteiger partial charge in [-0.1, -0.05) is 0 Å². The second-order valence-corrected chi connectivity index (χ2v) is 10.7. The zero-order valence-corrected chi connectivity index (χ0v) is 17.6. The number of rotatable bonds is 3. The van der Waals surface area contributed by atoms with E-state index < -0.39 is 9.84 Å². The van der Waals surface area contributed by atoms with Crippen molar-refractivity contribution in [2.75, 3.05) is 24.2 Å². The minimum absolute atomic E-state index is 0.0931. The highest BCUT2D eigenvalue weighted by Gasteiger charge is 2.45. The molecule has 3 aromatic rings. The number of fused-ring (bicyclic) bond motifs is 1. The molecule has 1 saturated carbocycles. The lowest BCUT2D eigenvalue weighted by Gasteiger charge is -2.36. The second-order valence-electron chi connectivity index (χ2n) is 8.70. The topological polar surface area (TPSA) is 75.2 Å². The predicted molar refractivity (Wildman–Crippen MR) is 115 cm³/mol. The molecule has 0 bridgehead atoms. The van der Waals surface area contributed by atoms with E-state index in [1.165, 1.54) is 25.5 Å². The molecule has 0 amide bonds. The number of anilines is 1. The molecule has 2 aromatic heterocycles. The number of hydrogen-bond acceptors (Lipinski definition) is 4. The summed E-state index contributed by atoms with van der Waals surface area (Å²) in [6.07, 6.45) is 9.81. The Bertz CT molecular complexity index is 1280. The number of nitrogens with one attached hydrogen (secondary N) is 1. The molecule has 2 aliphatic rings. The summed E-state index contributed by atoms with van der Waals surface area (Å²) in [6, 6.07) is 7.31. The molecular formula is C22H25N3O3S. The largest absolute Gasteiger partial charge is 0.370 e. The number of piperidine rings is 1. The first-order valence-corrected chi connectivity index (χ1v) is 11.9. The van der Waals surface area contributed by atoms with E-state index in [9.17, 15) is 13.2 Å². The van der Waals surface area contributed by atoms with Crippen LogP contribution in [0, 0.1) is 5.41 Å². The molecule has 0 radical (unpaired) electrons. The Labute approximate surface area is 170 Å². The molecule has 1 spiro atoms. The van der Waals surface area contributed by atoms with Gasteiger partial charge in [0.15, 0.2) is 9.84 Å². The van der Waals surface area contributed by atoms with Crippen molar-refractivity contribution in [3.63, 3.8) is 0 Å². The second kappa shape index (κ2) is 6.23. The molecule has 3 heterocycles. The SMILES string of the molecule is Cn1cc(-c2cc(S(C)(=O)=O)ccc2N2CCCC3(CC3)C2)c2cc[nH]c2c1=O. The Balaban J connectivity index is 1.75. The van der Waals surface area contributed by atoms with Gasteiger partial charge in [-0.15, -0.1) is 0 Å². The van der Waals surface area contributed by atoms with Crippen LogP contribution in [-0.4, -0.2) is 37.3 Å². The quantitative estimate of drug-likeness (QED) is 0.717. The van der Waals surface area contributed by atoms with Crippen LogP contribution in [0.5, 0.6) is 0 Å². The summed E-state index contributed by atoms with van der Waals surface area (Å²) >= 11 is 0. The van der Waals surface area contributed by atoms with Crippen molar-refractivity contribution < 1.29 is 8.42 Å². The maximum absolute atomic E-state index is 12.5. The fourth-order valence-corrected chi connectivity index (χ4v) is 5.37. The average molecular weight is 412 g/mol.